The summed E-state index contributed by atoms with van der Waals surface area (Å²) in [4.78, 5) is 2.35. The van der Waals surface area contributed by atoms with Crippen LogP contribution in [0.5, 0.6) is 0 Å². The minimum Gasteiger partial charge on any atom is -0.315 e. The van der Waals surface area contributed by atoms with Gasteiger partial charge in [0, 0.05) is 12.6 Å². The molecular formula is C13H28N2. The first kappa shape index (κ1) is 14.7. The van der Waals surface area contributed by atoms with Crippen LogP contribution in [0, 0.1) is 0 Å². The van der Waals surface area contributed by atoms with Crippen LogP contribution in [-0.4, -0.2) is 37.6 Å². The summed E-state index contributed by atoms with van der Waals surface area (Å²) in [5, 5.41) is 3.44. The van der Waals surface area contributed by atoms with Gasteiger partial charge >= 0.3 is 0 Å². The van der Waals surface area contributed by atoms with Crippen LogP contribution >= 0.6 is 0 Å². The van der Waals surface area contributed by atoms with E-state index < -0.39 is 0 Å². The van der Waals surface area contributed by atoms with Gasteiger partial charge in [0.25, 0.3) is 0 Å². The van der Waals surface area contributed by atoms with Crippen molar-refractivity contribution in [2.45, 2.75) is 46.1 Å². The summed E-state index contributed by atoms with van der Waals surface area (Å²) in [5.41, 5.74) is 1.25. The predicted molar refractivity (Wildman–Crippen MR) is 69.3 cm³/mol. The van der Waals surface area contributed by atoms with Gasteiger partial charge in [-0.2, -0.15) is 0 Å². The molecule has 0 rings (SSSR count). The Morgan fingerprint density at radius 2 is 1.93 bits per heavy atom. The fourth-order valence-electron chi connectivity index (χ4n) is 1.61. The largest absolute Gasteiger partial charge is 0.315 e. The zero-order chi connectivity index (χ0) is 11.7. The fraction of sp³-hybridized carbons (Fsp3) is 0.846. The minimum atomic E-state index is 0.621. The van der Waals surface area contributed by atoms with E-state index in [1.165, 1.54) is 31.4 Å². The number of nitrogens with one attached hydrogen (secondary N) is 1. The Bertz CT molecular complexity index is 164. The van der Waals surface area contributed by atoms with Crippen molar-refractivity contribution in [1.82, 2.24) is 10.2 Å². The van der Waals surface area contributed by atoms with E-state index >= 15 is 0 Å². The van der Waals surface area contributed by atoms with Crippen molar-refractivity contribution in [3.8, 4) is 0 Å². The molecule has 15 heavy (non-hydrogen) atoms. The monoisotopic (exact) mass is 212 g/mol. The van der Waals surface area contributed by atoms with E-state index in [-0.39, 0.29) is 0 Å². The molecule has 2 nitrogen and oxygen atoms in total. The van der Waals surface area contributed by atoms with E-state index in [0.717, 1.165) is 13.1 Å². The molecular weight excluding hydrogens is 184 g/mol. The maximum Gasteiger partial charge on any atom is 0.0184 e. The normalized spacial score (nSPS) is 11.3. The number of hydrogen-bond acceptors (Lipinski definition) is 2. The Morgan fingerprint density at radius 3 is 2.47 bits per heavy atom. The molecule has 0 aromatic heterocycles. The number of nitrogens with zero attached hydrogens (tertiary/aromatic N) is 1. The highest BCUT2D eigenvalue weighted by molar-refractivity contribution is 4.90. The lowest BCUT2D eigenvalue weighted by atomic mass is 10.2. The van der Waals surface area contributed by atoms with E-state index in [1.807, 2.05) is 0 Å². The molecule has 0 atom stereocenters. The van der Waals surface area contributed by atoms with Crippen molar-refractivity contribution >= 4 is 0 Å². The molecule has 0 fully saturated rings. The SMILES string of the molecule is C=C(C)CN(C)CCCCCNC(C)C. The maximum absolute atomic E-state index is 3.92. The summed E-state index contributed by atoms with van der Waals surface area (Å²) < 4.78 is 0. The van der Waals surface area contributed by atoms with Gasteiger partial charge in [-0.1, -0.05) is 32.4 Å². The highest BCUT2D eigenvalue weighted by atomic mass is 15.1. The molecule has 0 aliphatic rings. The molecule has 0 unspecified atom stereocenters. The second-order valence-electron chi connectivity index (χ2n) is 4.86. The van der Waals surface area contributed by atoms with Gasteiger partial charge in [0.1, 0.15) is 0 Å². The van der Waals surface area contributed by atoms with Crippen molar-refractivity contribution in [2.24, 2.45) is 0 Å². The molecule has 0 aromatic carbocycles. The van der Waals surface area contributed by atoms with Gasteiger partial charge in [-0.05, 0) is 39.9 Å². The second kappa shape index (κ2) is 8.93. The molecule has 1 N–H and O–H groups in total. The number of rotatable bonds is 9. The molecule has 0 saturated carbocycles. The summed E-state index contributed by atoms with van der Waals surface area (Å²) in [5.74, 6) is 0. The van der Waals surface area contributed by atoms with Crippen LogP contribution in [0.3, 0.4) is 0 Å². The van der Waals surface area contributed by atoms with Crippen molar-refractivity contribution in [3.05, 3.63) is 12.2 Å². The third-order valence-electron chi connectivity index (χ3n) is 2.31. The molecule has 0 aromatic rings. The molecule has 0 aliphatic carbocycles. The Hall–Kier alpha value is -0.340. The van der Waals surface area contributed by atoms with Crippen molar-refractivity contribution in [3.63, 3.8) is 0 Å². The molecule has 2 heteroatoms. The lowest BCUT2D eigenvalue weighted by Gasteiger charge is -2.16. The smallest absolute Gasteiger partial charge is 0.0184 e. The number of hydrogen-bond donors (Lipinski definition) is 1. The lowest BCUT2D eigenvalue weighted by Crippen LogP contribution is -2.24. The number of likely N-dealkylation sites (N-methyl/N-ethyl adjacent to an activating group) is 1. The Kier molecular flexibility index (Phi) is 8.73. The van der Waals surface area contributed by atoms with Gasteiger partial charge in [0.2, 0.25) is 0 Å². The molecule has 0 heterocycles. The Balaban J connectivity index is 3.20. The van der Waals surface area contributed by atoms with Crippen molar-refractivity contribution in [1.29, 1.82) is 0 Å². The van der Waals surface area contributed by atoms with Crippen molar-refractivity contribution < 1.29 is 0 Å². The number of unbranched alkanes of at least 4 members (excludes halogenated alkanes) is 2. The van der Waals surface area contributed by atoms with Crippen LogP contribution in [0.4, 0.5) is 0 Å². The summed E-state index contributed by atoms with van der Waals surface area (Å²) in [6.45, 7) is 13.8. The van der Waals surface area contributed by atoms with E-state index in [2.05, 4.69) is 44.6 Å². The third kappa shape index (κ3) is 11.6. The average Bonchev–Trinajstić information content (AvgIpc) is 2.09. The zero-order valence-electron chi connectivity index (χ0n) is 11.0. The highest BCUT2D eigenvalue weighted by Gasteiger charge is 1.98. The molecule has 0 aliphatic heterocycles. The first-order valence-corrected chi connectivity index (χ1v) is 6.08. The van der Waals surface area contributed by atoms with E-state index in [1.54, 1.807) is 0 Å². The summed E-state index contributed by atoms with van der Waals surface area (Å²) in [6, 6.07) is 0.621. The van der Waals surface area contributed by atoms with Gasteiger partial charge in [-0.15, -0.1) is 0 Å². The van der Waals surface area contributed by atoms with E-state index in [0.29, 0.717) is 6.04 Å². The third-order valence-corrected chi connectivity index (χ3v) is 2.31. The lowest BCUT2D eigenvalue weighted by molar-refractivity contribution is 0.349. The van der Waals surface area contributed by atoms with Crippen LogP contribution < -0.4 is 5.32 Å². The fourth-order valence-corrected chi connectivity index (χ4v) is 1.61. The molecule has 0 spiro atoms. The first-order chi connectivity index (χ1) is 7.02. The summed E-state index contributed by atoms with van der Waals surface area (Å²) in [7, 11) is 2.17. The first-order valence-electron chi connectivity index (χ1n) is 6.08. The average molecular weight is 212 g/mol. The molecule has 90 valence electrons. The van der Waals surface area contributed by atoms with Crippen LogP contribution in [0.2, 0.25) is 0 Å². The van der Waals surface area contributed by atoms with Gasteiger partial charge < -0.3 is 10.2 Å². The Morgan fingerprint density at radius 1 is 1.27 bits per heavy atom. The van der Waals surface area contributed by atoms with Crippen LogP contribution in [0.1, 0.15) is 40.0 Å². The van der Waals surface area contributed by atoms with Gasteiger partial charge in [-0.25, -0.2) is 0 Å². The van der Waals surface area contributed by atoms with Crippen LogP contribution in [0.25, 0.3) is 0 Å². The summed E-state index contributed by atoms with van der Waals surface area (Å²) >= 11 is 0. The standard InChI is InChI=1S/C13H28N2/c1-12(2)11-15(5)10-8-6-7-9-14-13(3)4/h13-14H,1,6-11H2,2-5H3. The van der Waals surface area contributed by atoms with Crippen LogP contribution in [-0.2, 0) is 0 Å². The van der Waals surface area contributed by atoms with Gasteiger partial charge in [0.15, 0.2) is 0 Å². The molecule has 0 bridgehead atoms. The quantitative estimate of drug-likeness (QED) is 0.467. The summed E-state index contributed by atoms with van der Waals surface area (Å²) in [6.07, 6.45) is 3.91. The second-order valence-corrected chi connectivity index (χ2v) is 4.86. The van der Waals surface area contributed by atoms with E-state index in [9.17, 15) is 0 Å². The topological polar surface area (TPSA) is 15.3 Å². The minimum absolute atomic E-state index is 0.621. The molecule has 0 amide bonds. The van der Waals surface area contributed by atoms with E-state index in [4.69, 9.17) is 0 Å². The molecule has 0 radical (unpaired) electrons. The van der Waals surface area contributed by atoms with Crippen LogP contribution in [0.15, 0.2) is 12.2 Å². The van der Waals surface area contributed by atoms with Gasteiger partial charge in [-0.3, -0.25) is 0 Å². The van der Waals surface area contributed by atoms with Gasteiger partial charge in [0.05, 0.1) is 0 Å². The van der Waals surface area contributed by atoms with Crippen molar-refractivity contribution in [2.75, 3.05) is 26.7 Å². The highest BCUT2D eigenvalue weighted by Crippen LogP contribution is 1.99. The predicted octanol–water partition coefficient (Wildman–Crippen LogP) is 2.66. The Labute approximate surface area is 95.7 Å². The molecule has 0 saturated heterocycles. The zero-order valence-corrected chi connectivity index (χ0v) is 11.0. The maximum atomic E-state index is 3.92.